The van der Waals surface area contributed by atoms with Crippen LogP contribution in [0.5, 0.6) is 0 Å². The Morgan fingerprint density at radius 1 is 1.50 bits per heavy atom. The smallest absolute Gasteiger partial charge is 0.201 e. The van der Waals surface area contributed by atoms with Gasteiger partial charge in [-0.15, -0.1) is 5.10 Å². The lowest BCUT2D eigenvalue weighted by Gasteiger charge is -1.90. The Labute approximate surface area is 79.8 Å². The van der Waals surface area contributed by atoms with Crippen molar-refractivity contribution in [3.05, 3.63) is 23.9 Å². The zero-order valence-corrected chi connectivity index (χ0v) is 7.56. The lowest BCUT2D eigenvalue weighted by molar-refractivity contribution is -0.112. The summed E-state index contributed by atoms with van der Waals surface area (Å²) in [5.74, 6) is 0.00486. The SMILES string of the molecule is CC(=O)/C=C/c1cnc2n[nH]nc2c1. The molecule has 0 radical (unpaired) electrons. The van der Waals surface area contributed by atoms with Crippen molar-refractivity contribution in [3.63, 3.8) is 0 Å². The van der Waals surface area contributed by atoms with Crippen LogP contribution >= 0.6 is 0 Å². The van der Waals surface area contributed by atoms with E-state index in [0.717, 1.165) is 5.56 Å². The fourth-order valence-corrected chi connectivity index (χ4v) is 1.06. The van der Waals surface area contributed by atoms with Gasteiger partial charge < -0.3 is 0 Å². The van der Waals surface area contributed by atoms with Crippen LogP contribution in [0.25, 0.3) is 17.2 Å². The van der Waals surface area contributed by atoms with E-state index in [1.165, 1.54) is 13.0 Å². The standard InChI is InChI=1S/C9H8N4O/c1-6(14)2-3-7-4-8-9(10-5-7)12-13-11-8/h2-5H,1H3,(H,10,11,12,13)/b3-2+. The molecule has 2 aromatic heterocycles. The molecule has 0 saturated heterocycles. The number of aromatic amines is 1. The molecule has 0 aromatic carbocycles. The molecular formula is C9H8N4O. The number of aromatic nitrogens is 4. The second kappa shape index (κ2) is 3.37. The van der Waals surface area contributed by atoms with Crippen LogP contribution in [0.15, 0.2) is 18.3 Å². The van der Waals surface area contributed by atoms with Crippen molar-refractivity contribution in [1.82, 2.24) is 20.4 Å². The minimum Gasteiger partial charge on any atom is -0.295 e. The number of carbonyl (C=O) groups excluding carboxylic acids is 1. The summed E-state index contributed by atoms with van der Waals surface area (Å²) in [6.07, 6.45) is 4.83. The van der Waals surface area contributed by atoms with E-state index in [0.29, 0.717) is 11.2 Å². The molecule has 70 valence electrons. The van der Waals surface area contributed by atoms with Gasteiger partial charge in [0.2, 0.25) is 5.65 Å². The molecule has 0 unspecified atom stereocenters. The van der Waals surface area contributed by atoms with Gasteiger partial charge >= 0.3 is 0 Å². The molecule has 5 heteroatoms. The average Bonchev–Trinajstić information content (AvgIpc) is 2.61. The Hall–Kier alpha value is -2.04. The number of carbonyl (C=O) groups is 1. The molecule has 0 fully saturated rings. The minimum absolute atomic E-state index is 0.00486. The van der Waals surface area contributed by atoms with E-state index in [-0.39, 0.29) is 5.78 Å². The van der Waals surface area contributed by atoms with E-state index in [9.17, 15) is 4.79 Å². The highest BCUT2D eigenvalue weighted by Gasteiger charge is 1.98. The van der Waals surface area contributed by atoms with Crippen molar-refractivity contribution in [2.75, 3.05) is 0 Å². The van der Waals surface area contributed by atoms with Crippen molar-refractivity contribution >= 4 is 23.0 Å². The van der Waals surface area contributed by atoms with Crippen molar-refractivity contribution in [2.45, 2.75) is 6.92 Å². The number of hydrogen-bond acceptors (Lipinski definition) is 4. The first-order valence-electron chi connectivity index (χ1n) is 4.11. The van der Waals surface area contributed by atoms with Crippen molar-refractivity contribution in [2.24, 2.45) is 0 Å². The topological polar surface area (TPSA) is 71.5 Å². The van der Waals surface area contributed by atoms with Gasteiger partial charge in [0.25, 0.3) is 0 Å². The van der Waals surface area contributed by atoms with Gasteiger partial charge in [0.1, 0.15) is 5.52 Å². The number of allylic oxidation sites excluding steroid dienone is 1. The van der Waals surface area contributed by atoms with Crippen molar-refractivity contribution < 1.29 is 4.79 Å². The predicted octanol–water partition coefficient (Wildman–Crippen LogP) is 0.955. The first-order valence-corrected chi connectivity index (χ1v) is 4.11. The second-order valence-corrected chi connectivity index (χ2v) is 2.88. The van der Waals surface area contributed by atoms with Gasteiger partial charge in [-0.3, -0.25) is 4.79 Å². The second-order valence-electron chi connectivity index (χ2n) is 2.88. The molecule has 0 spiro atoms. The number of fused-ring (bicyclic) bond motifs is 1. The van der Waals surface area contributed by atoms with Crippen LogP contribution < -0.4 is 0 Å². The van der Waals surface area contributed by atoms with E-state index in [1.807, 2.05) is 6.07 Å². The predicted molar refractivity (Wildman–Crippen MR) is 51.4 cm³/mol. The maximum absolute atomic E-state index is 10.7. The zero-order chi connectivity index (χ0) is 9.97. The number of H-pyrrole nitrogens is 1. The van der Waals surface area contributed by atoms with Gasteiger partial charge in [0.15, 0.2) is 5.78 Å². The lowest BCUT2D eigenvalue weighted by atomic mass is 10.2. The van der Waals surface area contributed by atoms with Crippen LogP contribution in [0.2, 0.25) is 0 Å². The number of hydrogen-bond donors (Lipinski definition) is 1. The van der Waals surface area contributed by atoms with Crippen LogP contribution in [0, 0.1) is 0 Å². The van der Waals surface area contributed by atoms with Gasteiger partial charge in [0.05, 0.1) is 0 Å². The Morgan fingerprint density at radius 3 is 3.14 bits per heavy atom. The molecule has 0 aliphatic heterocycles. The first-order chi connectivity index (χ1) is 6.75. The molecule has 2 rings (SSSR count). The third-order valence-electron chi connectivity index (χ3n) is 1.71. The maximum Gasteiger partial charge on any atom is 0.201 e. The molecular weight excluding hydrogens is 180 g/mol. The quantitative estimate of drug-likeness (QED) is 0.712. The molecule has 2 aromatic rings. The third kappa shape index (κ3) is 1.66. The average molecular weight is 188 g/mol. The largest absolute Gasteiger partial charge is 0.295 e. The summed E-state index contributed by atoms with van der Waals surface area (Å²) in [5, 5.41) is 10.2. The Bertz CT molecular complexity index is 500. The van der Waals surface area contributed by atoms with E-state index in [4.69, 9.17) is 0 Å². The summed E-state index contributed by atoms with van der Waals surface area (Å²) in [6.45, 7) is 1.50. The monoisotopic (exact) mass is 188 g/mol. The number of nitrogens with zero attached hydrogens (tertiary/aromatic N) is 3. The first kappa shape index (κ1) is 8.55. The number of rotatable bonds is 2. The summed E-state index contributed by atoms with van der Waals surface area (Å²) in [7, 11) is 0. The van der Waals surface area contributed by atoms with E-state index < -0.39 is 0 Å². The third-order valence-corrected chi connectivity index (χ3v) is 1.71. The summed E-state index contributed by atoms with van der Waals surface area (Å²) >= 11 is 0. The summed E-state index contributed by atoms with van der Waals surface area (Å²) in [6, 6.07) is 1.81. The van der Waals surface area contributed by atoms with Gasteiger partial charge in [0, 0.05) is 6.20 Å². The van der Waals surface area contributed by atoms with Crippen molar-refractivity contribution in [3.8, 4) is 0 Å². The molecule has 0 amide bonds. The fourth-order valence-electron chi connectivity index (χ4n) is 1.06. The Kier molecular flexibility index (Phi) is 2.06. The van der Waals surface area contributed by atoms with Crippen LogP contribution in [-0.4, -0.2) is 26.2 Å². The van der Waals surface area contributed by atoms with E-state index in [2.05, 4.69) is 20.4 Å². The number of pyridine rings is 1. The summed E-state index contributed by atoms with van der Waals surface area (Å²) in [5.41, 5.74) is 2.10. The summed E-state index contributed by atoms with van der Waals surface area (Å²) < 4.78 is 0. The highest BCUT2D eigenvalue weighted by molar-refractivity contribution is 5.91. The van der Waals surface area contributed by atoms with E-state index in [1.54, 1.807) is 12.3 Å². The summed E-state index contributed by atoms with van der Waals surface area (Å²) in [4.78, 5) is 14.7. The van der Waals surface area contributed by atoms with Gasteiger partial charge in [-0.05, 0) is 30.7 Å². The number of nitrogens with one attached hydrogen (secondary N) is 1. The van der Waals surface area contributed by atoms with Gasteiger partial charge in [-0.1, -0.05) is 0 Å². The molecule has 14 heavy (non-hydrogen) atoms. The maximum atomic E-state index is 10.7. The lowest BCUT2D eigenvalue weighted by Crippen LogP contribution is -1.82. The molecule has 1 N–H and O–H groups in total. The van der Waals surface area contributed by atoms with Crippen LogP contribution in [-0.2, 0) is 4.79 Å². The number of ketones is 1. The molecule has 0 aliphatic rings. The molecule has 2 heterocycles. The Morgan fingerprint density at radius 2 is 2.36 bits per heavy atom. The van der Waals surface area contributed by atoms with Gasteiger partial charge in [-0.2, -0.15) is 10.3 Å². The zero-order valence-electron chi connectivity index (χ0n) is 7.56. The molecule has 0 bridgehead atoms. The fraction of sp³-hybridized carbons (Fsp3) is 0.111. The van der Waals surface area contributed by atoms with Crippen LogP contribution in [0.3, 0.4) is 0 Å². The molecule has 0 saturated carbocycles. The molecule has 0 aliphatic carbocycles. The molecule has 0 atom stereocenters. The van der Waals surface area contributed by atoms with Gasteiger partial charge in [-0.25, -0.2) is 4.98 Å². The van der Waals surface area contributed by atoms with Crippen molar-refractivity contribution in [1.29, 1.82) is 0 Å². The highest BCUT2D eigenvalue weighted by atomic mass is 16.1. The normalized spacial score (nSPS) is 11.2. The molecule has 5 nitrogen and oxygen atoms in total. The highest BCUT2D eigenvalue weighted by Crippen LogP contribution is 2.08. The minimum atomic E-state index is 0.00486. The van der Waals surface area contributed by atoms with Crippen LogP contribution in [0.4, 0.5) is 0 Å². The van der Waals surface area contributed by atoms with E-state index >= 15 is 0 Å². The Balaban J connectivity index is 2.39. The van der Waals surface area contributed by atoms with Crippen LogP contribution in [0.1, 0.15) is 12.5 Å².